The molecule has 0 aliphatic heterocycles. The number of anilines is 1. The van der Waals surface area contributed by atoms with Crippen molar-refractivity contribution in [2.45, 2.75) is 39.4 Å². The third-order valence-electron chi connectivity index (χ3n) is 3.87. The minimum atomic E-state index is -4.49. The van der Waals surface area contributed by atoms with E-state index >= 15 is 0 Å². The molecule has 0 aliphatic rings. The van der Waals surface area contributed by atoms with Crippen LogP contribution in [0.1, 0.15) is 47.7 Å². The van der Waals surface area contributed by atoms with Crippen molar-refractivity contribution in [1.82, 2.24) is 15.2 Å². The lowest BCUT2D eigenvalue weighted by molar-refractivity contribution is -0.137. The molecule has 158 valence electrons. The Hall–Kier alpha value is -2.62. The van der Waals surface area contributed by atoms with E-state index in [0.29, 0.717) is 24.5 Å². The molecular formula is C19H23F3N4O2S. The minimum Gasteiger partial charge on any atom is -0.351 e. The summed E-state index contributed by atoms with van der Waals surface area (Å²) in [5, 5.41) is 7.42. The molecule has 0 atom stereocenters. The fraction of sp³-hybridized carbons (Fsp3) is 0.421. The lowest BCUT2D eigenvalue weighted by atomic mass is 10.2. The Labute approximate surface area is 171 Å². The molecule has 3 amide bonds. The van der Waals surface area contributed by atoms with E-state index in [-0.39, 0.29) is 23.8 Å². The largest absolute Gasteiger partial charge is 0.416 e. The van der Waals surface area contributed by atoms with E-state index in [1.165, 1.54) is 28.4 Å². The SMILES string of the molecule is CCCNC(=O)c1csc(CN(CCC)C(=O)Nc2cccc(C(F)(F)F)c2)n1. The highest BCUT2D eigenvalue weighted by atomic mass is 32.1. The lowest BCUT2D eigenvalue weighted by Crippen LogP contribution is -2.35. The molecule has 1 heterocycles. The van der Waals surface area contributed by atoms with E-state index in [1.54, 1.807) is 5.38 Å². The number of carbonyl (C=O) groups excluding carboxylic acids is 2. The first-order valence-corrected chi connectivity index (χ1v) is 10.1. The molecule has 0 saturated heterocycles. The summed E-state index contributed by atoms with van der Waals surface area (Å²) in [6.07, 6.45) is -3.02. The second-order valence-corrected chi connectivity index (χ2v) is 7.26. The number of carbonyl (C=O) groups is 2. The van der Waals surface area contributed by atoms with Crippen LogP contribution in [0.5, 0.6) is 0 Å². The highest BCUT2D eigenvalue weighted by molar-refractivity contribution is 7.09. The van der Waals surface area contributed by atoms with Gasteiger partial charge in [-0.05, 0) is 31.0 Å². The van der Waals surface area contributed by atoms with Crippen LogP contribution in [0.15, 0.2) is 29.6 Å². The van der Waals surface area contributed by atoms with Gasteiger partial charge in [0.2, 0.25) is 0 Å². The highest BCUT2D eigenvalue weighted by Crippen LogP contribution is 2.30. The summed E-state index contributed by atoms with van der Waals surface area (Å²) in [5.41, 5.74) is -0.488. The Bertz CT molecular complexity index is 839. The third-order valence-corrected chi connectivity index (χ3v) is 4.70. The predicted molar refractivity (Wildman–Crippen MR) is 106 cm³/mol. The molecule has 0 aliphatic carbocycles. The normalized spacial score (nSPS) is 11.2. The Morgan fingerprint density at radius 2 is 1.97 bits per heavy atom. The summed E-state index contributed by atoms with van der Waals surface area (Å²) >= 11 is 1.25. The standard InChI is InChI=1S/C19H23F3N4O2S/c1-3-8-23-17(27)15-12-29-16(25-15)11-26(9-4-2)18(28)24-14-7-5-6-13(10-14)19(20,21)22/h5-7,10,12H,3-4,8-9,11H2,1-2H3,(H,23,27)(H,24,28). The van der Waals surface area contributed by atoms with Gasteiger partial charge in [0.1, 0.15) is 10.7 Å². The molecule has 1 aromatic heterocycles. The number of urea groups is 1. The number of benzene rings is 1. The average molecular weight is 428 g/mol. The Balaban J connectivity index is 2.07. The van der Waals surface area contributed by atoms with Crippen molar-refractivity contribution in [3.8, 4) is 0 Å². The number of amides is 3. The number of halogens is 3. The lowest BCUT2D eigenvalue weighted by Gasteiger charge is -2.21. The van der Waals surface area contributed by atoms with Gasteiger partial charge in [-0.3, -0.25) is 4.79 Å². The monoisotopic (exact) mass is 428 g/mol. The Kier molecular flexibility index (Phi) is 8.00. The topological polar surface area (TPSA) is 74.3 Å². The number of nitrogens with one attached hydrogen (secondary N) is 2. The fourth-order valence-electron chi connectivity index (χ4n) is 2.48. The minimum absolute atomic E-state index is 0.0599. The van der Waals surface area contributed by atoms with Gasteiger partial charge in [0.15, 0.2) is 0 Å². The summed E-state index contributed by atoms with van der Waals surface area (Å²) in [7, 11) is 0. The van der Waals surface area contributed by atoms with Crippen molar-refractivity contribution in [2.24, 2.45) is 0 Å². The molecule has 2 rings (SSSR count). The van der Waals surface area contributed by atoms with Gasteiger partial charge in [-0.25, -0.2) is 9.78 Å². The zero-order chi connectivity index (χ0) is 21.4. The molecule has 2 aromatic rings. The van der Waals surface area contributed by atoms with Gasteiger partial charge >= 0.3 is 12.2 Å². The van der Waals surface area contributed by atoms with Gasteiger partial charge in [-0.15, -0.1) is 11.3 Å². The first kappa shape index (κ1) is 22.7. The quantitative estimate of drug-likeness (QED) is 0.637. The van der Waals surface area contributed by atoms with Crippen molar-refractivity contribution in [3.63, 3.8) is 0 Å². The van der Waals surface area contributed by atoms with Crippen LogP contribution in [0.25, 0.3) is 0 Å². The van der Waals surface area contributed by atoms with Crippen LogP contribution < -0.4 is 10.6 Å². The average Bonchev–Trinajstić information content (AvgIpc) is 3.14. The number of hydrogen-bond acceptors (Lipinski definition) is 4. The summed E-state index contributed by atoms with van der Waals surface area (Å²) < 4.78 is 38.6. The zero-order valence-corrected chi connectivity index (χ0v) is 17.0. The molecule has 0 fully saturated rings. The molecule has 0 radical (unpaired) electrons. The van der Waals surface area contributed by atoms with Gasteiger partial charge in [0.05, 0.1) is 12.1 Å². The highest BCUT2D eigenvalue weighted by Gasteiger charge is 2.30. The number of aromatic nitrogens is 1. The molecule has 2 N–H and O–H groups in total. The fourth-order valence-corrected chi connectivity index (χ4v) is 3.27. The van der Waals surface area contributed by atoms with Crippen LogP contribution >= 0.6 is 11.3 Å². The van der Waals surface area contributed by atoms with E-state index in [2.05, 4.69) is 15.6 Å². The number of hydrogen-bond donors (Lipinski definition) is 2. The maximum absolute atomic E-state index is 12.9. The molecule has 0 saturated carbocycles. The van der Waals surface area contributed by atoms with Gasteiger partial charge in [0.25, 0.3) is 5.91 Å². The summed E-state index contributed by atoms with van der Waals surface area (Å²) in [5.74, 6) is -0.273. The second kappa shape index (κ2) is 10.2. The predicted octanol–water partition coefficient (Wildman–Crippen LogP) is 4.75. The van der Waals surface area contributed by atoms with Crippen LogP contribution in [0, 0.1) is 0 Å². The summed E-state index contributed by atoms with van der Waals surface area (Å²) in [4.78, 5) is 30.3. The van der Waals surface area contributed by atoms with Crippen molar-refractivity contribution < 1.29 is 22.8 Å². The van der Waals surface area contributed by atoms with Crippen molar-refractivity contribution in [1.29, 1.82) is 0 Å². The second-order valence-electron chi connectivity index (χ2n) is 6.31. The van der Waals surface area contributed by atoms with Gasteiger partial charge < -0.3 is 15.5 Å². The number of alkyl halides is 3. The van der Waals surface area contributed by atoms with Crippen molar-refractivity contribution in [2.75, 3.05) is 18.4 Å². The molecule has 6 nitrogen and oxygen atoms in total. The van der Waals surface area contributed by atoms with E-state index < -0.39 is 17.8 Å². The smallest absolute Gasteiger partial charge is 0.351 e. The molecule has 0 unspecified atom stereocenters. The maximum Gasteiger partial charge on any atom is 0.416 e. The van der Waals surface area contributed by atoms with E-state index in [0.717, 1.165) is 18.6 Å². The molecule has 0 spiro atoms. The first-order valence-electron chi connectivity index (χ1n) is 9.20. The van der Waals surface area contributed by atoms with Crippen LogP contribution in [-0.4, -0.2) is 34.9 Å². The van der Waals surface area contributed by atoms with Crippen LogP contribution in [0.4, 0.5) is 23.7 Å². The molecule has 1 aromatic carbocycles. The molecular weight excluding hydrogens is 405 g/mol. The maximum atomic E-state index is 12.9. The van der Waals surface area contributed by atoms with Crippen molar-refractivity contribution >= 4 is 29.0 Å². The molecule has 10 heteroatoms. The molecule has 0 bridgehead atoms. The Morgan fingerprint density at radius 1 is 1.21 bits per heavy atom. The number of rotatable bonds is 8. The third kappa shape index (κ3) is 6.74. The first-order chi connectivity index (χ1) is 13.7. The van der Waals surface area contributed by atoms with Crippen molar-refractivity contribution in [3.05, 3.63) is 45.9 Å². The number of nitrogens with zero attached hydrogens (tertiary/aromatic N) is 2. The zero-order valence-electron chi connectivity index (χ0n) is 16.2. The van der Waals surface area contributed by atoms with Crippen LogP contribution in [-0.2, 0) is 12.7 Å². The van der Waals surface area contributed by atoms with Crippen LogP contribution in [0.2, 0.25) is 0 Å². The Morgan fingerprint density at radius 3 is 2.62 bits per heavy atom. The van der Waals surface area contributed by atoms with E-state index in [1.807, 2.05) is 13.8 Å². The van der Waals surface area contributed by atoms with E-state index in [4.69, 9.17) is 0 Å². The van der Waals surface area contributed by atoms with Crippen LogP contribution in [0.3, 0.4) is 0 Å². The summed E-state index contributed by atoms with van der Waals surface area (Å²) in [6, 6.07) is 3.95. The van der Waals surface area contributed by atoms with Gasteiger partial charge in [-0.2, -0.15) is 13.2 Å². The molecule has 29 heavy (non-hydrogen) atoms. The summed E-state index contributed by atoms with van der Waals surface area (Å²) in [6.45, 7) is 4.92. The van der Waals surface area contributed by atoms with E-state index in [9.17, 15) is 22.8 Å². The number of thiazole rings is 1. The van der Waals surface area contributed by atoms with Gasteiger partial charge in [0, 0.05) is 24.2 Å². The van der Waals surface area contributed by atoms with Gasteiger partial charge in [-0.1, -0.05) is 19.9 Å².